The Balaban J connectivity index is 1.56. The van der Waals surface area contributed by atoms with Crippen molar-refractivity contribution in [3.05, 3.63) is 82.6 Å². The maximum Gasteiger partial charge on any atom is 0.322 e. The maximum atomic E-state index is 13.0. The lowest BCUT2D eigenvalue weighted by atomic mass is 10.1. The zero-order chi connectivity index (χ0) is 24.5. The Morgan fingerprint density at radius 2 is 1.88 bits per heavy atom. The number of nitrogens with zero attached hydrogens (tertiary/aromatic N) is 1. The highest BCUT2D eigenvalue weighted by atomic mass is 32.2. The monoisotopic (exact) mass is 498 g/mol. The minimum absolute atomic E-state index is 0.0114. The number of aryl methyl sites for hydroxylation is 1. The Bertz CT molecular complexity index is 1540. The molecule has 2 aromatic heterocycles. The molecule has 2 heterocycles. The van der Waals surface area contributed by atoms with Crippen LogP contribution in [0.1, 0.15) is 16.0 Å². The van der Waals surface area contributed by atoms with E-state index in [2.05, 4.69) is 16.6 Å². The number of phenols is 1. The van der Waals surface area contributed by atoms with Crippen LogP contribution in [0.15, 0.2) is 65.0 Å². The van der Waals surface area contributed by atoms with Crippen molar-refractivity contribution in [1.82, 2.24) is 9.29 Å². The van der Waals surface area contributed by atoms with Crippen LogP contribution in [0.4, 0.5) is 4.39 Å². The Hall–Kier alpha value is -3.65. The second-order valence-electron chi connectivity index (χ2n) is 7.53. The highest BCUT2D eigenvalue weighted by Crippen LogP contribution is 2.30. The number of aliphatic carboxylic acids is 1. The number of aromatic hydroxyl groups is 1. The molecule has 0 amide bonds. The molecule has 0 fully saturated rings. The molecule has 4 aromatic rings. The fourth-order valence-corrected chi connectivity index (χ4v) is 5.88. The molecule has 0 spiro atoms. The lowest BCUT2D eigenvalue weighted by Crippen LogP contribution is -2.42. The van der Waals surface area contributed by atoms with Gasteiger partial charge in [0.05, 0.1) is 10.4 Å². The van der Waals surface area contributed by atoms with Crippen LogP contribution in [0.3, 0.4) is 0 Å². The molecule has 0 aliphatic heterocycles. The Labute approximate surface area is 199 Å². The maximum absolute atomic E-state index is 13.0. The standard InChI is InChI=1S/C24H19FN2O5S2/c1-27-14-16(23-20(27)3-2-4-21(23)28)13-19(24(29)30)26-34(31,32)22-12-11-18(33-22)10-7-15-5-8-17(25)9-6-15/h2-6,8-9,11-12,14,19,26,28H,13H2,1H3,(H,29,30)/t19-/m1/s1. The lowest BCUT2D eigenvalue weighted by molar-refractivity contribution is -0.138. The molecule has 1 atom stereocenters. The van der Waals surface area contributed by atoms with Gasteiger partial charge >= 0.3 is 5.97 Å². The summed E-state index contributed by atoms with van der Waals surface area (Å²) >= 11 is 0.896. The second kappa shape index (κ2) is 9.30. The number of hydrogen-bond donors (Lipinski definition) is 3. The molecule has 10 heteroatoms. The number of carboxylic acid groups (broad SMARTS) is 1. The summed E-state index contributed by atoms with van der Waals surface area (Å²) in [5, 5.41) is 20.4. The zero-order valence-corrected chi connectivity index (χ0v) is 19.5. The van der Waals surface area contributed by atoms with E-state index < -0.39 is 22.0 Å². The van der Waals surface area contributed by atoms with Gasteiger partial charge in [0.1, 0.15) is 21.8 Å². The van der Waals surface area contributed by atoms with Crippen molar-refractivity contribution in [2.75, 3.05) is 0 Å². The first kappa shape index (κ1) is 23.5. The van der Waals surface area contributed by atoms with Crippen molar-refractivity contribution in [2.24, 2.45) is 7.05 Å². The summed E-state index contributed by atoms with van der Waals surface area (Å²) in [5.74, 6) is 3.92. The van der Waals surface area contributed by atoms with Gasteiger partial charge in [-0.25, -0.2) is 12.8 Å². The summed E-state index contributed by atoms with van der Waals surface area (Å²) in [5.41, 5.74) is 1.77. The number of benzene rings is 2. The van der Waals surface area contributed by atoms with Crippen LogP contribution in [-0.2, 0) is 28.3 Å². The number of thiophene rings is 1. The first-order valence-electron chi connectivity index (χ1n) is 10.0. The average molecular weight is 499 g/mol. The summed E-state index contributed by atoms with van der Waals surface area (Å²) in [4.78, 5) is 12.3. The van der Waals surface area contributed by atoms with E-state index >= 15 is 0 Å². The predicted octanol–water partition coefficient (Wildman–Crippen LogP) is 3.46. The number of carboxylic acids is 1. The molecule has 0 bridgehead atoms. The Kier molecular flexibility index (Phi) is 6.43. The summed E-state index contributed by atoms with van der Waals surface area (Å²) < 4.78 is 42.7. The smallest absolute Gasteiger partial charge is 0.322 e. The predicted molar refractivity (Wildman–Crippen MR) is 127 cm³/mol. The molecule has 3 N–H and O–H groups in total. The Morgan fingerprint density at radius 3 is 2.59 bits per heavy atom. The van der Waals surface area contributed by atoms with Crippen molar-refractivity contribution in [3.63, 3.8) is 0 Å². The molecule has 34 heavy (non-hydrogen) atoms. The van der Waals surface area contributed by atoms with Crippen molar-refractivity contribution in [3.8, 4) is 17.6 Å². The number of aromatic nitrogens is 1. The van der Waals surface area contributed by atoms with Gasteiger partial charge in [-0.2, -0.15) is 4.72 Å². The van der Waals surface area contributed by atoms with Gasteiger partial charge in [-0.1, -0.05) is 17.9 Å². The van der Waals surface area contributed by atoms with Crippen molar-refractivity contribution >= 4 is 38.2 Å². The first-order valence-corrected chi connectivity index (χ1v) is 12.3. The van der Waals surface area contributed by atoms with Gasteiger partial charge in [-0.05, 0) is 54.1 Å². The molecule has 0 aliphatic carbocycles. The fourth-order valence-electron chi connectivity index (χ4n) is 3.52. The number of carbonyl (C=O) groups is 1. The third kappa shape index (κ3) is 4.97. The molecular formula is C24H19FN2O5S2. The van der Waals surface area contributed by atoms with Gasteiger partial charge in [0.15, 0.2) is 0 Å². The minimum atomic E-state index is -4.15. The van der Waals surface area contributed by atoms with Crippen LogP contribution in [0, 0.1) is 17.7 Å². The summed E-state index contributed by atoms with van der Waals surface area (Å²) in [6, 6.07) is 11.9. The molecule has 7 nitrogen and oxygen atoms in total. The van der Waals surface area contributed by atoms with E-state index in [0.29, 0.717) is 26.9 Å². The van der Waals surface area contributed by atoms with Crippen LogP contribution in [0.25, 0.3) is 10.9 Å². The second-order valence-corrected chi connectivity index (χ2v) is 10.6. The van der Waals surface area contributed by atoms with Crippen molar-refractivity contribution in [1.29, 1.82) is 0 Å². The molecule has 0 radical (unpaired) electrons. The average Bonchev–Trinajstić information content (AvgIpc) is 3.39. The van der Waals surface area contributed by atoms with Gasteiger partial charge in [0.25, 0.3) is 10.0 Å². The van der Waals surface area contributed by atoms with Crippen LogP contribution in [-0.4, -0.2) is 35.2 Å². The number of phenolic OH excluding ortho intramolecular Hbond substituents is 1. The van der Waals surface area contributed by atoms with Crippen LogP contribution >= 0.6 is 11.3 Å². The van der Waals surface area contributed by atoms with Crippen LogP contribution in [0.2, 0.25) is 0 Å². The van der Waals surface area contributed by atoms with E-state index in [0.717, 1.165) is 11.3 Å². The van der Waals surface area contributed by atoms with E-state index in [1.165, 1.54) is 42.5 Å². The molecule has 0 unspecified atom stereocenters. The largest absolute Gasteiger partial charge is 0.507 e. The topological polar surface area (TPSA) is 109 Å². The fraction of sp³-hybridized carbons (Fsp3) is 0.125. The van der Waals surface area contributed by atoms with Gasteiger partial charge in [0.2, 0.25) is 0 Å². The third-order valence-electron chi connectivity index (χ3n) is 5.11. The zero-order valence-electron chi connectivity index (χ0n) is 17.8. The van der Waals surface area contributed by atoms with Crippen LogP contribution < -0.4 is 4.72 Å². The number of sulfonamides is 1. The molecule has 0 aliphatic rings. The van der Waals surface area contributed by atoms with Gasteiger partial charge in [-0.15, -0.1) is 11.3 Å². The summed E-state index contributed by atoms with van der Waals surface area (Å²) in [6.07, 6.45) is 1.51. The molecule has 0 saturated carbocycles. The van der Waals surface area contributed by atoms with Crippen molar-refractivity contribution < 1.29 is 27.8 Å². The molecule has 4 rings (SSSR count). The molecular weight excluding hydrogens is 479 g/mol. The number of halogens is 1. The first-order chi connectivity index (χ1) is 16.1. The highest BCUT2D eigenvalue weighted by molar-refractivity contribution is 7.91. The van der Waals surface area contributed by atoms with Crippen molar-refractivity contribution in [2.45, 2.75) is 16.7 Å². The normalized spacial score (nSPS) is 12.3. The summed E-state index contributed by atoms with van der Waals surface area (Å²) in [6.45, 7) is 0. The molecule has 0 saturated heterocycles. The van der Waals surface area contributed by atoms with Gasteiger partial charge in [-0.3, -0.25) is 4.79 Å². The number of hydrogen-bond acceptors (Lipinski definition) is 5. The Morgan fingerprint density at radius 1 is 1.15 bits per heavy atom. The van der Waals surface area contributed by atoms with E-state index in [-0.39, 0.29) is 22.2 Å². The van der Waals surface area contributed by atoms with E-state index in [9.17, 15) is 27.8 Å². The quantitative estimate of drug-likeness (QED) is 0.353. The molecule has 2 aromatic carbocycles. The molecule has 174 valence electrons. The SMILES string of the molecule is Cn1cc(C[C@@H](NS(=O)(=O)c2ccc(C#Cc3ccc(F)cc3)s2)C(=O)O)c2c(O)cccc21. The summed E-state index contributed by atoms with van der Waals surface area (Å²) in [7, 11) is -2.39. The van der Waals surface area contributed by atoms with E-state index in [4.69, 9.17) is 0 Å². The van der Waals surface area contributed by atoms with Gasteiger partial charge in [0, 0.05) is 30.6 Å². The number of fused-ring (bicyclic) bond motifs is 1. The van der Waals surface area contributed by atoms with E-state index in [1.54, 1.807) is 29.9 Å². The highest BCUT2D eigenvalue weighted by Gasteiger charge is 2.28. The number of nitrogens with one attached hydrogen (secondary N) is 1. The van der Waals surface area contributed by atoms with E-state index in [1.807, 2.05) is 0 Å². The lowest BCUT2D eigenvalue weighted by Gasteiger charge is -2.14. The minimum Gasteiger partial charge on any atom is -0.507 e. The third-order valence-corrected chi connectivity index (χ3v) is 8.08. The number of rotatable bonds is 6. The van der Waals surface area contributed by atoms with Crippen LogP contribution in [0.5, 0.6) is 5.75 Å². The van der Waals surface area contributed by atoms with Gasteiger partial charge < -0.3 is 14.8 Å².